The normalized spacial score (nSPS) is 15.9. The Morgan fingerprint density at radius 3 is 2.76 bits per heavy atom. The molecule has 2 N–H and O–H groups in total. The molecule has 25 heavy (non-hydrogen) atoms. The average molecular weight is 360 g/mol. The summed E-state index contributed by atoms with van der Waals surface area (Å²) in [5.41, 5.74) is 1.66. The number of nitrogens with zero attached hydrogens (tertiary/aromatic N) is 4. The van der Waals surface area contributed by atoms with Gasteiger partial charge in [-0.3, -0.25) is 4.57 Å². The van der Waals surface area contributed by atoms with E-state index in [9.17, 15) is 4.79 Å². The number of rotatable bonds is 6. The predicted octanol–water partition coefficient (Wildman–Crippen LogP) is 2.22. The third kappa shape index (κ3) is 5.20. The summed E-state index contributed by atoms with van der Waals surface area (Å²) in [5, 5.41) is 13.6. The van der Waals surface area contributed by atoms with Crippen molar-refractivity contribution in [2.75, 3.05) is 37.0 Å². The van der Waals surface area contributed by atoms with E-state index in [2.05, 4.69) is 32.0 Å². The molecule has 1 aromatic carbocycles. The first-order valence-electron chi connectivity index (χ1n) is 8.48. The van der Waals surface area contributed by atoms with Gasteiger partial charge in [-0.1, -0.05) is 6.07 Å². The fourth-order valence-electron chi connectivity index (χ4n) is 2.95. The Labute approximate surface area is 152 Å². The summed E-state index contributed by atoms with van der Waals surface area (Å²) in [7, 11) is 0. The lowest BCUT2D eigenvalue weighted by atomic mass is 10.1. The molecule has 2 amide bonds. The number of benzene rings is 1. The highest BCUT2D eigenvalue weighted by Crippen LogP contribution is 2.15. The first-order chi connectivity index (χ1) is 12.2. The largest absolute Gasteiger partial charge is 0.335 e. The van der Waals surface area contributed by atoms with Crippen LogP contribution in [0.5, 0.6) is 0 Å². The van der Waals surface area contributed by atoms with Crippen molar-refractivity contribution in [3.05, 3.63) is 36.9 Å². The van der Waals surface area contributed by atoms with E-state index in [-0.39, 0.29) is 12.1 Å². The Morgan fingerprint density at radius 2 is 2.04 bits per heavy atom. The Hall–Kier alpha value is -2.06. The molecule has 2 heterocycles. The lowest BCUT2D eigenvalue weighted by Crippen LogP contribution is -2.46. The molecule has 0 bridgehead atoms. The number of carbonyl (C=O) groups is 1. The van der Waals surface area contributed by atoms with Crippen molar-refractivity contribution in [3.8, 4) is 5.69 Å². The lowest BCUT2D eigenvalue weighted by molar-refractivity contribution is 0.204. The van der Waals surface area contributed by atoms with Crippen LogP contribution in [-0.4, -0.2) is 63.4 Å². The molecular formula is C17H24N6OS. The maximum atomic E-state index is 12.3. The smallest absolute Gasteiger partial charge is 0.319 e. The molecule has 0 spiro atoms. The second-order valence-corrected chi connectivity index (χ2v) is 7.11. The molecule has 0 radical (unpaired) electrons. The molecule has 0 unspecified atom stereocenters. The maximum Gasteiger partial charge on any atom is 0.319 e. The van der Waals surface area contributed by atoms with Gasteiger partial charge >= 0.3 is 6.03 Å². The van der Waals surface area contributed by atoms with Crippen LogP contribution in [0.1, 0.15) is 12.8 Å². The molecule has 134 valence electrons. The minimum absolute atomic E-state index is 0.150. The highest BCUT2D eigenvalue weighted by Gasteiger charge is 2.20. The first kappa shape index (κ1) is 17.8. The Balaban J connectivity index is 1.48. The number of hydrogen-bond donors (Lipinski definition) is 2. The Kier molecular flexibility index (Phi) is 6.30. The number of hydrogen-bond acceptors (Lipinski definition) is 5. The van der Waals surface area contributed by atoms with Crippen LogP contribution in [0.3, 0.4) is 0 Å². The molecule has 0 atom stereocenters. The number of carbonyl (C=O) groups excluding carboxylic acids is 1. The molecule has 3 rings (SSSR count). The van der Waals surface area contributed by atoms with Gasteiger partial charge in [-0.25, -0.2) is 4.79 Å². The number of likely N-dealkylation sites (tertiary alicyclic amines) is 1. The molecule has 1 aliphatic rings. The van der Waals surface area contributed by atoms with Crippen LogP contribution in [0.4, 0.5) is 10.5 Å². The first-order valence-corrected chi connectivity index (χ1v) is 9.88. The molecule has 0 aliphatic carbocycles. The maximum absolute atomic E-state index is 12.3. The number of nitrogens with one attached hydrogen (secondary N) is 2. The van der Waals surface area contributed by atoms with Crippen LogP contribution in [0.25, 0.3) is 5.69 Å². The topological polar surface area (TPSA) is 75.1 Å². The molecule has 2 aromatic rings. The fourth-order valence-corrected chi connectivity index (χ4v) is 3.39. The average Bonchev–Trinajstić information content (AvgIpc) is 3.16. The van der Waals surface area contributed by atoms with Crippen LogP contribution < -0.4 is 10.6 Å². The van der Waals surface area contributed by atoms with Gasteiger partial charge in [-0.05, 0) is 37.3 Å². The molecule has 1 saturated heterocycles. The third-order valence-corrected chi connectivity index (χ3v) is 4.95. The second-order valence-electron chi connectivity index (χ2n) is 6.13. The molecule has 0 saturated carbocycles. The minimum atomic E-state index is -0.150. The van der Waals surface area contributed by atoms with E-state index in [4.69, 9.17) is 0 Å². The van der Waals surface area contributed by atoms with Crippen molar-refractivity contribution < 1.29 is 4.79 Å². The summed E-state index contributed by atoms with van der Waals surface area (Å²) in [5.74, 6) is 1.17. The van der Waals surface area contributed by atoms with Crippen molar-refractivity contribution >= 4 is 23.5 Å². The highest BCUT2D eigenvalue weighted by atomic mass is 32.2. The number of anilines is 1. The number of urea groups is 1. The third-order valence-electron chi connectivity index (χ3n) is 4.36. The molecule has 1 fully saturated rings. The highest BCUT2D eigenvalue weighted by molar-refractivity contribution is 7.98. The van der Waals surface area contributed by atoms with Crippen molar-refractivity contribution in [2.45, 2.75) is 18.9 Å². The van der Waals surface area contributed by atoms with Crippen molar-refractivity contribution in [2.24, 2.45) is 0 Å². The molecule has 8 heteroatoms. The summed E-state index contributed by atoms with van der Waals surface area (Å²) in [6.45, 7) is 3.24. The summed E-state index contributed by atoms with van der Waals surface area (Å²) in [6.07, 6.45) is 7.40. The summed E-state index contributed by atoms with van der Waals surface area (Å²) in [6, 6.07) is 7.70. The number of piperidine rings is 1. The van der Waals surface area contributed by atoms with E-state index in [1.54, 1.807) is 17.2 Å². The summed E-state index contributed by atoms with van der Waals surface area (Å²) in [4.78, 5) is 14.7. The zero-order valence-corrected chi connectivity index (χ0v) is 15.2. The van der Waals surface area contributed by atoms with Gasteiger partial charge in [0.15, 0.2) is 0 Å². The van der Waals surface area contributed by atoms with Gasteiger partial charge < -0.3 is 15.5 Å². The monoisotopic (exact) mass is 360 g/mol. The van der Waals surface area contributed by atoms with E-state index < -0.39 is 0 Å². The number of aromatic nitrogens is 3. The molecule has 1 aliphatic heterocycles. The van der Waals surface area contributed by atoms with Crippen LogP contribution in [0, 0.1) is 0 Å². The summed E-state index contributed by atoms with van der Waals surface area (Å²) < 4.78 is 1.80. The van der Waals surface area contributed by atoms with E-state index in [1.807, 2.05) is 36.0 Å². The Morgan fingerprint density at radius 1 is 1.28 bits per heavy atom. The Bertz CT molecular complexity index is 670. The molecule has 1 aromatic heterocycles. The van der Waals surface area contributed by atoms with Gasteiger partial charge in [0.1, 0.15) is 12.7 Å². The van der Waals surface area contributed by atoms with E-state index in [0.717, 1.165) is 43.9 Å². The van der Waals surface area contributed by atoms with Gasteiger partial charge in [0.2, 0.25) is 0 Å². The van der Waals surface area contributed by atoms with Crippen molar-refractivity contribution in [1.82, 2.24) is 25.0 Å². The van der Waals surface area contributed by atoms with Crippen LogP contribution in [-0.2, 0) is 0 Å². The van der Waals surface area contributed by atoms with Gasteiger partial charge in [0.25, 0.3) is 0 Å². The second kappa shape index (κ2) is 8.87. The standard InChI is InChI=1S/C17H24N6OS/c1-25-10-9-22-7-5-14(6-8-22)20-17(24)21-15-3-2-4-16(11-15)23-12-18-19-13-23/h2-4,11-14H,5-10H2,1H3,(H2,20,21,24). The van der Waals surface area contributed by atoms with E-state index in [1.165, 1.54) is 5.75 Å². The van der Waals surface area contributed by atoms with Gasteiger partial charge in [0.05, 0.1) is 5.69 Å². The summed E-state index contributed by atoms with van der Waals surface area (Å²) >= 11 is 1.88. The van der Waals surface area contributed by atoms with Crippen molar-refractivity contribution in [3.63, 3.8) is 0 Å². The lowest BCUT2D eigenvalue weighted by Gasteiger charge is -2.32. The zero-order valence-electron chi connectivity index (χ0n) is 14.4. The van der Waals surface area contributed by atoms with E-state index in [0.29, 0.717) is 0 Å². The van der Waals surface area contributed by atoms with E-state index >= 15 is 0 Å². The van der Waals surface area contributed by atoms with Crippen molar-refractivity contribution in [1.29, 1.82) is 0 Å². The van der Waals surface area contributed by atoms with Crippen LogP contribution in [0.2, 0.25) is 0 Å². The number of thioether (sulfide) groups is 1. The predicted molar refractivity (Wildman–Crippen MR) is 101 cm³/mol. The fraction of sp³-hybridized carbons (Fsp3) is 0.471. The number of amides is 2. The van der Waals surface area contributed by atoms with Gasteiger partial charge in [-0.15, -0.1) is 10.2 Å². The zero-order chi connectivity index (χ0) is 17.5. The van der Waals surface area contributed by atoms with Gasteiger partial charge in [0, 0.05) is 37.1 Å². The SMILES string of the molecule is CSCCN1CCC(NC(=O)Nc2cccc(-n3cnnc3)c2)CC1. The van der Waals surface area contributed by atoms with Crippen LogP contribution in [0.15, 0.2) is 36.9 Å². The minimum Gasteiger partial charge on any atom is -0.335 e. The quantitative estimate of drug-likeness (QED) is 0.826. The molecular weight excluding hydrogens is 336 g/mol. The van der Waals surface area contributed by atoms with Crippen LogP contribution >= 0.6 is 11.8 Å². The molecule has 7 nitrogen and oxygen atoms in total. The van der Waals surface area contributed by atoms with Gasteiger partial charge in [-0.2, -0.15) is 11.8 Å².